The van der Waals surface area contributed by atoms with E-state index >= 15 is 0 Å². The zero-order valence-corrected chi connectivity index (χ0v) is 18.8. The molecule has 2 aromatic rings. The number of aryl methyl sites for hydroxylation is 1. The summed E-state index contributed by atoms with van der Waals surface area (Å²) in [6.07, 6.45) is 1.76. The Labute approximate surface area is 181 Å². The van der Waals surface area contributed by atoms with Gasteiger partial charge >= 0.3 is 6.03 Å². The van der Waals surface area contributed by atoms with Crippen molar-refractivity contribution in [3.63, 3.8) is 0 Å². The number of rotatable bonds is 6. The minimum Gasteiger partial charge on any atom is -0.336 e. The quantitative estimate of drug-likeness (QED) is 0.689. The molecule has 1 atom stereocenters. The molecule has 3 rings (SSSR count). The number of urea groups is 1. The highest BCUT2D eigenvalue weighted by molar-refractivity contribution is 9.10. The van der Waals surface area contributed by atoms with Gasteiger partial charge in [-0.05, 0) is 49.6 Å². The molecule has 2 amide bonds. The van der Waals surface area contributed by atoms with Crippen molar-refractivity contribution in [3.8, 4) is 0 Å². The SMILES string of the molecule is C[C@H](CCc1ccccc1)NC(=O)N1CCN(S(=O)(=O)c2ccc(Br)cc2)CC1. The zero-order chi connectivity index (χ0) is 20.9. The Bertz CT molecular complexity index is 912. The largest absolute Gasteiger partial charge is 0.336 e. The van der Waals surface area contributed by atoms with Crippen LogP contribution >= 0.6 is 15.9 Å². The minimum absolute atomic E-state index is 0.0484. The van der Waals surface area contributed by atoms with Crippen LogP contribution in [0.3, 0.4) is 0 Å². The van der Waals surface area contributed by atoms with E-state index in [1.54, 1.807) is 29.2 Å². The number of carbonyl (C=O) groups excluding carboxylic acids is 1. The average Bonchev–Trinajstić information content (AvgIpc) is 2.73. The summed E-state index contributed by atoms with van der Waals surface area (Å²) < 4.78 is 27.8. The Balaban J connectivity index is 1.48. The second kappa shape index (κ2) is 9.73. The van der Waals surface area contributed by atoms with E-state index < -0.39 is 10.0 Å². The highest BCUT2D eigenvalue weighted by Gasteiger charge is 2.30. The fraction of sp³-hybridized carbons (Fsp3) is 0.381. The molecule has 0 unspecified atom stereocenters. The van der Waals surface area contributed by atoms with Gasteiger partial charge in [0.05, 0.1) is 4.90 Å². The van der Waals surface area contributed by atoms with E-state index in [4.69, 9.17) is 0 Å². The summed E-state index contributed by atoms with van der Waals surface area (Å²) in [5, 5.41) is 3.03. The lowest BCUT2D eigenvalue weighted by atomic mass is 10.1. The second-order valence-electron chi connectivity index (χ2n) is 7.22. The topological polar surface area (TPSA) is 69.7 Å². The van der Waals surface area contributed by atoms with Crippen LogP contribution in [-0.2, 0) is 16.4 Å². The van der Waals surface area contributed by atoms with Crippen molar-refractivity contribution >= 4 is 32.0 Å². The smallest absolute Gasteiger partial charge is 0.317 e. The normalized spacial score (nSPS) is 16.4. The number of hydrogen-bond acceptors (Lipinski definition) is 3. The molecule has 0 bridgehead atoms. The first-order valence-corrected chi connectivity index (χ1v) is 11.9. The van der Waals surface area contributed by atoms with E-state index in [1.165, 1.54) is 9.87 Å². The van der Waals surface area contributed by atoms with E-state index in [2.05, 4.69) is 33.4 Å². The maximum Gasteiger partial charge on any atom is 0.317 e. The van der Waals surface area contributed by atoms with Gasteiger partial charge in [-0.1, -0.05) is 46.3 Å². The number of nitrogens with zero attached hydrogens (tertiary/aromatic N) is 2. The van der Waals surface area contributed by atoms with Gasteiger partial charge in [-0.25, -0.2) is 13.2 Å². The molecule has 1 aliphatic heterocycles. The molecule has 0 saturated carbocycles. The second-order valence-corrected chi connectivity index (χ2v) is 10.1. The van der Waals surface area contributed by atoms with E-state index in [0.29, 0.717) is 26.2 Å². The highest BCUT2D eigenvalue weighted by Crippen LogP contribution is 2.20. The molecule has 0 radical (unpaired) electrons. The number of carbonyl (C=O) groups is 1. The number of sulfonamides is 1. The van der Waals surface area contributed by atoms with Crippen LogP contribution in [0.15, 0.2) is 64.0 Å². The third kappa shape index (κ3) is 5.81. The van der Waals surface area contributed by atoms with Crippen LogP contribution in [0.4, 0.5) is 4.79 Å². The number of nitrogens with one attached hydrogen (secondary N) is 1. The van der Waals surface area contributed by atoms with E-state index in [0.717, 1.165) is 17.3 Å². The summed E-state index contributed by atoms with van der Waals surface area (Å²) in [5.74, 6) is 0. The molecular formula is C21H26BrN3O3S. The monoisotopic (exact) mass is 479 g/mol. The molecule has 1 saturated heterocycles. The molecule has 8 heteroatoms. The van der Waals surface area contributed by atoms with Crippen LogP contribution in [0.25, 0.3) is 0 Å². The molecule has 1 N–H and O–H groups in total. The third-order valence-electron chi connectivity index (χ3n) is 5.06. The summed E-state index contributed by atoms with van der Waals surface area (Å²) in [7, 11) is -3.54. The Morgan fingerprint density at radius 1 is 1.03 bits per heavy atom. The first-order valence-electron chi connectivity index (χ1n) is 9.71. The fourth-order valence-electron chi connectivity index (χ4n) is 3.29. The summed E-state index contributed by atoms with van der Waals surface area (Å²) >= 11 is 3.32. The number of halogens is 1. The van der Waals surface area contributed by atoms with Crippen LogP contribution in [-0.4, -0.2) is 55.9 Å². The third-order valence-corrected chi connectivity index (χ3v) is 7.50. The molecule has 156 valence electrons. The van der Waals surface area contributed by atoms with Crippen molar-refractivity contribution < 1.29 is 13.2 Å². The Kier molecular flexibility index (Phi) is 7.32. The predicted molar refractivity (Wildman–Crippen MR) is 117 cm³/mol. The molecule has 1 heterocycles. The van der Waals surface area contributed by atoms with Gasteiger partial charge in [0.25, 0.3) is 0 Å². The van der Waals surface area contributed by atoms with Gasteiger partial charge in [0.2, 0.25) is 10.0 Å². The lowest BCUT2D eigenvalue weighted by Crippen LogP contribution is -2.54. The van der Waals surface area contributed by atoms with E-state index in [9.17, 15) is 13.2 Å². The van der Waals surface area contributed by atoms with Crippen molar-refractivity contribution in [1.82, 2.24) is 14.5 Å². The summed E-state index contributed by atoms with van der Waals surface area (Å²) in [5.41, 5.74) is 1.25. The van der Waals surface area contributed by atoms with Crippen LogP contribution in [0, 0.1) is 0 Å². The van der Waals surface area contributed by atoms with Crippen LogP contribution < -0.4 is 5.32 Å². The fourth-order valence-corrected chi connectivity index (χ4v) is 4.98. The maximum atomic E-state index is 12.8. The Hall–Kier alpha value is -1.90. The minimum atomic E-state index is -3.54. The van der Waals surface area contributed by atoms with Crippen molar-refractivity contribution in [3.05, 3.63) is 64.6 Å². The van der Waals surface area contributed by atoms with Crippen LogP contribution in [0.1, 0.15) is 18.9 Å². The summed E-state index contributed by atoms with van der Waals surface area (Å²) in [6.45, 7) is 3.35. The number of amides is 2. The standard InChI is InChI=1S/C21H26BrN3O3S/c1-17(7-8-18-5-3-2-4-6-18)23-21(26)24-13-15-25(16-14-24)29(27,28)20-11-9-19(22)10-12-20/h2-6,9-12,17H,7-8,13-16H2,1H3,(H,23,26)/t17-/m1/s1. The molecule has 29 heavy (non-hydrogen) atoms. The predicted octanol–water partition coefficient (Wildman–Crippen LogP) is 3.49. The van der Waals surface area contributed by atoms with Crippen molar-refractivity contribution in [2.75, 3.05) is 26.2 Å². The van der Waals surface area contributed by atoms with Crippen molar-refractivity contribution in [1.29, 1.82) is 0 Å². The molecule has 0 aliphatic carbocycles. The van der Waals surface area contributed by atoms with Gasteiger partial charge in [-0.15, -0.1) is 0 Å². The summed E-state index contributed by atoms with van der Waals surface area (Å²) in [4.78, 5) is 14.5. The van der Waals surface area contributed by atoms with Crippen LogP contribution in [0.5, 0.6) is 0 Å². The first-order chi connectivity index (χ1) is 13.9. The number of hydrogen-bond donors (Lipinski definition) is 1. The van der Waals surface area contributed by atoms with Crippen molar-refractivity contribution in [2.24, 2.45) is 0 Å². The van der Waals surface area contributed by atoms with E-state index in [-0.39, 0.29) is 17.0 Å². The van der Waals surface area contributed by atoms with Crippen LogP contribution in [0.2, 0.25) is 0 Å². The van der Waals surface area contributed by atoms with Crippen molar-refractivity contribution in [2.45, 2.75) is 30.7 Å². The molecular weight excluding hydrogens is 454 g/mol. The van der Waals surface area contributed by atoms with E-state index in [1.807, 2.05) is 25.1 Å². The zero-order valence-electron chi connectivity index (χ0n) is 16.4. The van der Waals surface area contributed by atoms with Gasteiger partial charge in [0.15, 0.2) is 0 Å². The molecule has 0 spiro atoms. The summed E-state index contributed by atoms with van der Waals surface area (Å²) in [6, 6.07) is 16.7. The molecule has 1 aliphatic rings. The van der Waals surface area contributed by atoms with Gasteiger partial charge in [0.1, 0.15) is 0 Å². The van der Waals surface area contributed by atoms with Gasteiger partial charge < -0.3 is 10.2 Å². The molecule has 6 nitrogen and oxygen atoms in total. The Morgan fingerprint density at radius 3 is 2.28 bits per heavy atom. The highest BCUT2D eigenvalue weighted by atomic mass is 79.9. The maximum absolute atomic E-state index is 12.8. The molecule has 2 aromatic carbocycles. The number of piperazine rings is 1. The lowest BCUT2D eigenvalue weighted by Gasteiger charge is -2.34. The lowest BCUT2D eigenvalue weighted by molar-refractivity contribution is 0.169. The van der Waals surface area contributed by atoms with Gasteiger partial charge in [-0.2, -0.15) is 4.31 Å². The van der Waals surface area contributed by atoms with Gasteiger partial charge in [0, 0.05) is 36.7 Å². The first kappa shape index (κ1) is 21.8. The molecule has 1 fully saturated rings. The number of benzene rings is 2. The Morgan fingerprint density at radius 2 is 1.66 bits per heavy atom. The average molecular weight is 480 g/mol. The van der Waals surface area contributed by atoms with Gasteiger partial charge in [-0.3, -0.25) is 0 Å². The molecule has 0 aromatic heterocycles.